The molecule has 0 spiro atoms. The Bertz CT molecular complexity index is 1070. The molecule has 25 heavy (non-hydrogen) atoms. The number of rotatable bonds is 2. The molecule has 0 saturated carbocycles. The zero-order chi connectivity index (χ0) is 17.4. The highest BCUT2D eigenvalue weighted by Gasteiger charge is 2.22. The van der Waals surface area contributed by atoms with Crippen LogP contribution in [0.4, 0.5) is 4.39 Å². The highest BCUT2D eigenvalue weighted by atomic mass is 19.1. The maximum atomic E-state index is 14.0. The fraction of sp³-hybridized carbons (Fsp3) is 0.0455. The Balaban J connectivity index is 2.21. The number of hydrogen-bond acceptors (Lipinski definition) is 1. The lowest BCUT2D eigenvalue weighted by molar-refractivity contribution is 0.0943. The maximum absolute atomic E-state index is 14.0. The second-order valence-corrected chi connectivity index (χ2v) is 5.97. The summed E-state index contributed by atoms with van der Waals surface area (Å²) in [6.07, 6.45) is 0. The Labute approximate surface area is 145 Å². The summed E-state index contributed by atoms with van der Waals surface area (Å²) in [6, 6.07) is 24.1. The molecule has 1 aromatic heterocycles. The number of fused-ring (bicyclic) bond motifs is 1. The predicted octanol–water partition coefficient (Wildman–Crippen LogP) is 5.77. The van der Waals surface area contributed by atoms with E-state index in [0.29, 0.717) is 5.52 Å². The van der Waals surface area contributed by atoms with Gasteiger partial charge in [0.15, 0.2) is 0 Å². The van der Waals surface area contributed by atoms with Crippen molar-refractivity contribution in [3.63, 3.8) is 0 Å². The third-order valence-electron chi connectivity index (χ3n) is 4.35. The second-order valence-electron chi connectivity index (χ2n) is 5.97. The molecule has 0 saturated heterocycles. The van der Waals surface area contributed by atoms with E-state index in [1.807, 2.05) is 60.7 Å². The molecule has 1 heterocycles. The van der Waals surface area contributed by atoms with Crippen molar-refractivity contribution < 1.29 is 9.18 Å². The molecular formula is C22H16FNO. The summed E-state index contributed by atoms with van der Waals surface area (Å²) in [6.45, 7) is 1.53. The molecule has 4 rings (SSSR count). The second kappa shape index (κ2) is 6.02. The lowest BCUT2D eigenvalue weighted by atomic mass is 9.98. The van der Waals surface area contributed by atoms with Crippen LogP contribution >= 0.6 is 0 Å². The van der Waals surface area contributed by atoms with Gasteiger partial charge in [-0.3, -0.25) is 9.36 Å². The van der Waals surface area contributed by atoms with Crippen LogP contribution in [-0.4, -0.2) is 10.5 Å². The van der Waals surface area contributed by atoms with Crippen molar-refractivity contribution in [2.24, 2.45) is 0 Å². The summed E-state index contributed by atoms with van der Waals surface area (Å²) in [4.78, 5) is 12.5. The molecule has 0 amide bonds. The van der Waals surface area contributed by atoms with E-state index in [1.165, 1.54) is 19.1 Å². The molecule has 0 aliphatic heterocycles. The summed E-state index contributed by atoms with van der Waals surface area (Å²) in [7, 11) is 0. The molecule has 2 nitrogen and oxygen atoms in total. The molecule has 3 aromatic carbocycles. The van der Waals surface area contributed by atoms with Crippen LogP contribution in [-0.2, 0) is 0 Å². The SMILES string of the molecule is CC(=O)n1c(-c2ccccc2)c(-c2ccccc2)c2cc(F)ccc21. The summed E-state index contributed by atoms with van der Waals surface area (Å²) in [5, 5.41) is 0.736. The van der Waals surface area contributed by atoms with Crippen LogP contribution in [0.15, 0.2) is 78.9 Å². The Morgan fingerprint density at radius 3 is 2.04 bits per heavy atom. The van der Waals surface area contributed by atoms with E-state index in [4.69, 9.17) is 0 Å². The average Bonchev–Trinajstić information content (AvgIpc) is 2.97. The third-order valence-corrected chi connectivity index (χ3v) is 4.35. The summed E-state index contributed by atoms with van der Waals surface area (Å²) >= 11 is 0. The Hall–Kier alpha value is -3.20. The number of carbonyl (C=O) groups excluding carboxylic acids is 1. The Morgan fingerprint density at radius 1 is 0.840 bits per heavy atom. The first kappa shape index (κ1) is 15.3. The van der Waals surface area contributed by atoms with Gasteiger partial charge in [0, 0.05) is 17.9 Å². The minimum atomic E-state index is -0.315. The molecule has 0 fully saturated rings. The van der Waals surface area contributed by atoms with E-state index in [9.17, 15) is 9.18 Å². The van der Waals surface area contributed by atoms with Crippen LogP contribution in [0.25, 0.3) is 33.3 Å². The largest absolute Gasteiger partial charge is 0.279 e. The number of benzene rings is 3. The van der Waals surface area contributed by atoms with Gasteiger partial charge in [-0.15, -0.1) is 0 Å². The molecule has 0 bridgehead atoms. The van der Waals surface area contributed by atoms with Gasteiger partial charge in [0.25, 0.3) is 0 Å². The standard InChI is InChI=1S/C22H16FNO/c1-15(25)24-20-13-12-18(23)14-19(20)21(16-8-4-2-5-9-16)22(24)17-10-6-3-7-11-17/h2-14H,1H3. The van der Waals surface area contributed by atoms with Gasteiger partial charge < -0.3 is 0 Å². The molecule has 0 aliphatic carbocycles. The van der Waals surface area contributed by atoms with Crippen molar-refractivity contribution in [1.82, 2.24) is 4.57 Å². The van der Waals surface area contributed by atoms with E-state index in [-0.39, 0.29) is 11.7 Å². The summed E-state index contributed by atoms with van der Waals surface area (Å²) in [5.74, 6) is -0.414. The molecule has 0 aliphatic rings. The van der Waals surface area contributed by atoms with Gasteiger partial charge in [0.1, 0.15) is 5.82 Å². The molecule has 122 valence electrons. The van der Waals surface area contributed by atoms with Crippen molar-refractivity contribution in [3.8, 4) is 22.4 Å². The van der Waals surface area contributed by atoms with Crippen LogP contribution in [0, 0.1) is 5.82 Å². The van der Waals surface area contributed by atoms with Crippen molar-refractivity contribution >= 4 is 16.8 Å². The van der Waals surface area contributed by atoms with Crippen LogP contribution in [0.1, 0.15) is 11.7 Å². The zero-order valence-electron chi connectivity index (χ0n) is 13.7. The maximum Gasteiger partial charge on any atom is 0.228 e. The topological polar surface area (TPSA) is 22.0 Å². The van der Waals surface area contributed by atoms with Crippen molar-refractivity contribution in [1.29, 1.82) is 0 Å². The van der Waals surface area contributed by atoms with Crippen LogP contribution in [0.2, 0.25) is 0 Å². The number of aromatic nitrogens is 1. The first-order chi connectivity index (χ1) is 12.2. The molecule has 0 radical (unpaired) electrons. The van der Waals surface area contributed by atoms with Gasteiger partial charge in [0.2, 0.25) is 5.91 Å². The molecule has 3 heteroatoms. The molecule has 0 atom stereocenters. The van der Waals surface area contributed by atoms with Gasteiger partial charge in [-0.2, -0.15) is 0 Å². The minimum Gasteiger partial charge on any atom is -0.279 e. The first-order valence-electron chi connectivity index (χ1n) is 8.12. The van der Waals surface area contributed by atoms with Crippen molar-refractivity contribution in [2.75, 3.05) is 0 Å². The highest BCUT2D eigenvalue weighted by molar-refractivity contribution is 6.09. The lowest BCUT2D eigenvalue weighted by Crippen LogP contribution is -2.07. The van der Waals surface area contributed by atoms with E-state index in [2.05, 4.69) is 0 Å². The van der Waals surface area contributed by atoms with Gasteiger partial charge in [-0.05, 0) is 29.3 Å². The normalized spacial score (nSPS) is 11.0. The quantitative estimate of drug-likeness (QED) is 0.457. The van der Waals surface area contributed by atoms with Crippen LogP contribution < -0.4 is 0 Å². The number of carbonyl (C=O) groups is 1. The average molecular weight is 329 g/mol. The molecular weight excluding hydrogens is 313 g/mol. The van der Waals surface area contributed by atoms with Crippen molar-refractivity contribution in [3.05, 3.63) is 84.7 Å². The zero-order valence-corrected chi connectivity index (χ0v) is 13.7. The van der Waals surface area contributed by atoms with Gasteiger partial charge in [-0.1, -0.05) is 60.7 Å². The van der Waals surface area contributed by atoms with E-state index < -0.39 is 0 Å². The Kier molecular flexibility index (Phi) is 3.69. The number of hydrogen-bond donors (Lipinski definition) is 0. The molecule has 0 unspecified atom stereocenters. The smallest absolute Gasteiger partial charge is 0.228 e. The monoisotopic (exact) mass is 329 g/mol. The molecule has 0 N–H and O–H groups in total. The minimum absolute atomic E-state index is 0.0994. The Morgan fingerprint density at radius 2 is 1.44 bits per heavy atom. The van der Waals surface area contributed by atoms with E-state index in [0.717, 1.165) is 27.8 Å². The third kappa shape index (κ3) is 2.54. The predicted molar refractivity (Wildman–Crippen MR) is 99.1 cm³/mol. The summed E-state index contributed by atoms with van der Waals surface area (Å²) < 4.78 is 15.7. The van der Waals surface area contributed by atoms with Crippen LogP contribution in [0.5, 0.6) is 0 Å². The van der Waals surface area contributed by atoms with E-state index >= 15 is 0 Å². The fourth-order valence-corrected chi connectivity index (χ4v) is 3.36. The number of halogens is 1. The number of nitrogens with zero attached hydrogens (tertiary/aromatic N) is 1. The van der Waals surface area contributed by atoms with Gasteiger partial charge in [-0.25, -0.2) is 4.39 Å². The lowest BCUT2D eigenvalue weighted by Gasteiger charge is -2.10. The summed E-state index contributed by atoms with van der Waals surface area (Å²) in [5.41, 5.74) is 4.26. The first-order valence-corrected chi connectivity index (χ1v) is 8.12. The van der Waals surface area contributed by atoms with Crippen LogP contribution in [0.3, 0.4) is 0 Å². The van der Waals surface area contributed by atoms with Gasteiger partial charge >= 0.3 is 0 Å². The van der Waals surface area contributed by atoms with Gasteiger partial charge in [0.05, 0.1) is 11.2 Å². The molecule has 4 aromatic rings. The van der Waals surface area contributed by atoms with Crippen molar-refractivity contribution in [2.45, 2.75) is 6.92 Å². The van der Waals surface area contributed by atoms with E-state index in [1.54, 1.807) is 10.6 Å². The highest BCUT2D eigenvalue weighted by Crippen LogP contribution is 2.41. The fourth-order valence-electron chi connectivity index (χ4n) is 3.36.